The van der Waals surface area contributed by atoms with Crippen LogP contribution in [0.5, 0.6) is 0 Å². The Bertz CT molecular complexity index is 735. The number of sulfonamides is 1. The summed E-state index contributed by atoms with van der Waals surface area (Å²) in [5, 5.41) is 3.12. The first-order chi connectivity index (χ1) is 11.8. The summed E-state index contributed by atoms with van der Waals surface area (Å²) in [6.45, 7) is 5.54. The highest BCUT2D eigenvalue weighted by molar-refractivity contribution is 7.89. The van der Waals surface area contributed by atoms with Crippen LogP contribution in [-0.4, -0.2) is 42.3 Å². The number of nitrogens with one attached hydrogen (secondary N) is 1. The van der Waals surface area contributed by atoms with Crippen LogP contribution in [0.4, 0.5) is 0 Å². The van der Waals surface area contributed by atoms with Crippen molar-refractivity contribution in [3.63, 3.8) is 0 Å². The van der Waals surface area contributed by atoms with E-state index in [1.807, 2.05) is 0 Å². The summed E-state index contributed by atoms with van der Waals surface area (Å²) in [7, 11) is -1.77. The van der Waals surface area contributed by atoms with Gasteiger partial charge in [-0.3, -0.25) is 4.79 Å². The Labute approximate surface area is 150 Å². The zero-order chi connectivity index (χ0) is 18.2. The van der Waals surface area contributed by atoms with Crippen LogP contribution < -0.4 is 5.32 Å². The molecule has 25 heavy (non-hydrogen) atoms. The van der Waals surface area contributed by atoms with Crippen LogP contribution in [0.1, 0.15) is 56.4 Å². The van der Waals surface area contributed by atoms with E-state index in [0.29, 0.717) is 30.6 Å². The van der Waals surface area contributed by atoms with Gasteiger partial charge in [0.05, 0.1) is 0 Å². The fraction of sp³-hybridized carbons (Fsp3) is 0.722. The third-order valence-corrected chi connectivity index (χ3v) is 7.80. The molecule has 0 aromatic carbocycles. The molecule has 1 aliphatic heterocycles. The van der Waals surface area contributed by atoms with Crippen molar-refractivity contribution >= 4 is 15.9 Å². The van der Waals surface area contributed by atoms with E-state index < -0.39 is 10.0 Å². The number of carbonyl (C=O) groups is 1. The predicted octanol–water partition coefficient (Wildman–Crippen LogP) is 2.36. The molecule has 2 heterocycles. The Morgan fingerprint density at radius 2 is 1.84 bits per heavy atom. The lowest BCUT2D eigenvalue weighted by molar-refractivity contribution is 0.0883. The van der Waals surface area contributed by atoms with E-state index in [-0.39, 0.29) is 16.8 Å². The van der Waals surface area contributed by atoms with Crippen molar-refractivity contribution in [1.29, 1.82) is 0 Å². The molecule has 0 radical (unpaired) electrons. The van der Waals surface area contributed by atoms with Crippen LogP contribution in [-0.2, 0) is 17.1 Å². The molecule has 7 heteroatoms. The molecule has 1 N–H and O–H groups in total. The third-order valence-electron chi connectivity index (χ3n) is 5.94. The van der Waals surface area contributed by atoms with Crippen molar-refractivity contribution in [2.45, 2.75) is 56.9 Å². The molecule has 6 nitrogen and oxygen atoms in total. The highest BCUT2D eigenvalue weighted by Crippen LogP contribution is 2.30. The van der Waals surface area contributed by atoms with E-state index in [1.54, 1.807) is 17.8 Å². The molecule has 1 saturated heterocycles. The molecule has 1 amide bonds. The monoisotopic (exact) mass is 367 g/mol. The number of nitrogens with zero attached hydrogens (tertiary/aromatic N) is 2. The van der Waals surface area contributed by atoms with E-state index in [0.717, 1.165) is 25.7 Å². The van der Waals surface area contributed by atoms with Gasteiger partial charge in [0.2, 0.25) is 10.0 Å². The van der Waals surface area contributed by atoms with E-state index in [1.165, 1.54) is 16.8 Å². The van der Waals surface area contributed by atoms with Crippen LogP contribution >= 0.6 is 0 Å². The third kappa shape index (κ3) is 3.62. The summed E-state index contributed by atoms with van der Waals surface area (Å²) >= 11 is 0. The maximum atomic E-state index is 12.7. The minimum absolute atomic E-state index is 0.157. The van der Waals surface area contributed by atoms with Gasteiger partial charge in [0.1, 0.15) is 10.6 Å². The quantitative estimate of drug-likeness (QED) is 0.888. The Balaban J connectivity index is 1.77. The highest BCUT2D eigenvalue weighted by Gasteiger charge is 2.31. The number of hydrogen-bond donors (Lipinski definition) is 1. The molecule has 0 spiro atoms. The second kappa shape index (κ2) is 7.11. The lowest BCUT2D eigenvalue weighted by atomic mass is 9.78. The standard InChI is InChI=1S/C18H29N3O3S/c1-13-7-6-8-16(14(13)2)19-18(22)17-11-15(12-20(17)3)25(23,24)21-9-4-5-10-21/h11-14,16H,4-10H2,1-3H3,(H,19,22). The minimum Gasteiger partial charge on any atom is -0.348 e. The fourth-order valence-electron chi connectivity index (χ4n) is 4.01. The highest BCUT2D eigenvalue weighted by atomic mass is 32.2. The molecule has 1 saturated carbocycles. The molecule has 2 aliphatic rings. The molecule has 1 aromatic rings. The molecule has 140 valence electrons. The first-order valence-electron chi connectivity index (χ1n) is 9.28. The second-order valence-corrected chi connectivity index (χ2v) is 9.57. The van der Waals surface area contributed by atoms with Gasteiger partial charge in [-0.05, 0) is 37.2 Å². The molecular weight excluding hydrogens is 338 g/mol. The zero-order valence-electron chi connectivity index (χ0n) is 15.4. The number of hydrogen-bond acceptors (Lipinski definition) is 3. The summed E-state index contributed by atoms with van der Waals surface area (Å²) in [5.74, 6) is 0.848. The minimum atomic E-state index is -3.49. The maximum absolute atomic E-state index is 12.7. The van der Waals surface area contributed by atoms with Gasteiger partial charge in [-0.15, -0.1) is 0 Å². The summed E-state index contributed by atoms with van der Waals surface area (Å²) in [5.41, 5.74) is 0.406. The lowest BCUT2D eigenvalue weighted by Crippen LogP contribution is -2.44. The van der Waals surface area contributed by atoms with Crippen LogP contribution in [0.25, 0.3) is 0 Å². The first kappa shape index (κ1) is 18.5. The number of rotatable bonds is 4. The molecular formula is C18H29N3O3S. The van der Waals surface area contributed by atoms with Crippen molar-refractivity contribution in [1.82, 2.24) is 14.2 Å². The fourth-order valence-corrected chi connectivity index (χ4v) is 5.60. The average Bonchev–Trinajstić information content (AvgIpc) is 3.21. The zero-order valence-corrected chi connectivity index (χ0v) is 16.2. The lowest BCUT2D eigenvalue weighted by Gasteiger charge is -2.34. The van der Waals surface area contributed by atoms with E-state index in [2.05, 4.69) is 19.2 Å². The maximum Gasteiger partial charge on any atom is 0.268 e. The molecule has 3 unspecified atom stereocenters. The van der Waals surface area contributed by atoms with Crippen LogP contribution in [0.3, 0.4) is 0 Å². The Hall–Kier alpha value is -1.34. The summed E-state index contributed by atoms with van der Waals surface area (Å²) < 4.78 is 28.5. The van der Waals surface area contributed by atoms with E-state index in [9.17, 15) is 13.2 Å². The van der Waals surface area contributed by atoms with Gasteiger partial charge < -0.3 is 9.88 Å². The Kier molecular flexibility index (Phi) is 5.25. The van der Waals surface area contributed by atoms with Gasteiger partial charge in [-0.25, -0.2) is 8.42 Å². The van der Waals surface area contributed by atoms with Crippen LogP contribution in [0, 0.1) is 11.8 Å². The number of aromatic nitrogens is 1. The molecule has 0 bridgehead atoms. The summed E-state index contributed by atoms with van der Waals surface area (Å²) in [4.78, 5) is 12.9. The van der Waals surface area contributed by atoms with Gasteiger partial charge >= 0.3 is 0 Å². The van der Waals surface area contributed by atoms with E-state index in [4.69, 9.17) is 0 Å². The average molecular weight is 368 g/mol. The Morgan fingerprint density at radius 1 is 1.16 bits per heavy atom. The summed E-state index contributed by atoms with van der Waals surface area (Å²) in [6, 6.07) is 1.67. The van der Waals surface area contributed by atoms with Crippen molar-refractivity contribution in [2.24, 2.45) is 18.9 Å². The number of amides is 1. The molecule has 1 aliphatic carbocycles. The predicted molar refractivity (Wildman–Crippen MR) is 96.8 cm³/mol. The van der Waals surface area contributed by atoms with Crippen molar-refractivity contribution < 1.29 is 13.2 Å². The topological polar surface area (TPSA) is 71.4 Å². The molecule has 2 fully saturated rings. The normalized spacial score (nSPS) is 28.2. The molecule has 3 rings (SSSR count). The SMILES string of the molecule is CC1CCCC(NC(=O)c2cc(S(=O)(=O)N3CCCC3)cn2C)C1C. The van der Waals surface area contributed by atoms with Gasteiger partial charge in [-0.2, -0.15) is 4.31 Å². The van der Waals surface area contributed by atoms with Gasteiger partial charge in [0.15, 0.2) is 0 Å². The van der Waals surface area contributed by atoms with Gasteiger partial charge in [-0.1, -0.05) is 26.7 Å². The smallest absolute Gasteiger partial charge is 0.268 e. The first-order valence-corrected chi connectivity index (χ1v) is 10.7. The molecule has 1 aromatic heterocycles. The number of aryl methyl sites for hydroxylation is 1. The van der Waals surface area contributed by atoms with E-state index >= 15 is 0 Å². The second-order valence-electron chi connectivity index (χ2n) is 7.63. The van der Waals surface area contributed by atoms with Gasteiger partial charge in [0.25, 0.3) is 5.91 Å². The Morgan fingerprint density at radius 3 is 2.52 bits per heavy atom. The van der Waals surface area contributed by atoms with Crippen molar-refractivity contribution in [3.05, 3.63) is 18.0 Å². The largest absolute Gasteiger partial charge is 0.348 e. The van der Waals surface area contributed by atoms with Crippen LogP contribution in [0.2, 0.25) is 0 Å². The number of carbonyl (C=O) groups excluding carboxylic acids is 1. The molecule has 3 atom stereocenters. The van der Waals surface area contributed by atoms with Gasteiger partial charge in [0, 0.05) is 32.4 Å². The van der Waals surface area contributed by atoms with Crippen molar-refractivity contribution in [2.75, 3.05) is 13.1 Å². The van der Waals surface area contributed by atoms with Crippen molar-refractivity contribution in [3.8, 4) is 0 Å². The summed E-state index contributed by atoms with van der Waals surface area (Å²) in [6.07, 6.45) is 6.67. The van der Waals surface area contributed by atoms with Crippen LogP contribution in [0.15, 0.2) is 17.2 Å².